The van der Waals surface area contributed by atoms with Gasteiger partial charge in [0.1, 0.15) is 5.72 Å². The van der Waals surface area contributed by atoms with Crippen LogP contribution in [0, 0.1) is 0 Å². The van der Waals surface area contributed by atoms with Crippen LogP contribution in [0.4, 0.5) is 13.2 Å². The Hall–Kier alpha value is -2.91. The van der Waals surface area contributed by atoms with Gasteiger partial charge in [-0.05, 0) is 23.8 Å². The van der Waals surface area contributed by atoms with Crippen LogP contribution >= 0.6 is 0 Å². The number of piperidine rings is 1. The Morgan fingerprint density at radius 1 is 1.06 bits per heavy atom. The summed E-state index contributed by atoms with van der Waals surface area (Å²) in [6, 6.07) is 12.7. The quantitative estimate of drug-likeness (QED) is 0.774. The van der Waals surface area contributed by atoms with Crippen molar-refractivity contribution < 1.29 is 32.6 Å². The Bertz CT molecular complexity index is 988. The summed E-state index contributed by atoms with van der Waals surface area (Å²) in [5, 5.41) is 9.66. The summed E-state index contributed by atoms with van der Waals surface area (Å²) in [7, 11) is 0. The Kier molecular flexibility index (Phi) is 5.96. The van der Waals surface area contributed by atoms with E-state index in [1.165, 1.54) is 6.07 Å². The van der Waals surface area contributed by atoms with Crippen molar-refractivity contribution >= 4 is 11.9 Å². The van der Waals surface area contributed by atoms with E-state index >= 15 is 0 Å². The fourth-order valence-corrected chi connectivity index (χ4v) is 4.43. The second-order valence-corrected chi connectivity index (χ2v) is 8.13. The Labute approximate surface area is 183 Å². The second kappa shape index (κ2) is 8.55. The molecule has 0 bridgehead atoms. The Balaban J connectivity index is 1.56. The minimum Gasteiger partial charge on any atom is -0.480 e. The molecule has 2 aliphatic rings. The number of nitrogens with zero attached hydrogens (tertiary/aromatic N) is 2. The standard InChI is InChI=1S/C23H23F3N2O4/c24-23(25,26)18-8-4-7-17(13-18)20(29)28-19(21(30)31)15-32-22(28)9-11-27(12-10-22)14-16-5-2-1-3-6-16/h1-8,13,19H,9-12,14-15H2,(H,30,31)/t19-/m1/s1. The number of amides is 1. The summed E-state index contributed by atoms with van der Waals surface area (Å²) in [5.74, 6) is -2.01. The van der Waals surface area contributed by atoms with Crippen LogP contribution in [0.15, 0.2) is 54.6 Å². The van der Waals surface area contributed by atoms with E-state index in [1.807, 2.05) is 30.3 Å². The van der Waals surface area contributed by atoms with Crippen LogP contribution in [0.25, 0.3) is 0 Å². The van der Waals surface area contributed by atoms with E-state index in [4.69, 9.17) is 4.74 Å². The zero-order chi connectivity index (χ0) is 22.9. The maximum absolute atomic E-state index is 13.3. The second-order valence-electron chi connectivity index (χ2n) is 8.13. The molecular weight excluding hydrogens is 425 g/mol. The van der Waals surface area contributed by atoms with Gasteiger partial charge in [0, 0.05) is 38.0 Å². The summed E-state index contributed by atoms with van der Waals surface area (Å²) in [6.45, 7) is 1.64. The molecule has 0 radical (unpaired) electrons. The molecule has 2 fully saturated rings. The minimum atomic E-state index is -4.61. The van der Waals surface area contributed by atoms with Crippen molar-refractivity contribution in [1.29, 1.82) is 0 Å². The molecule has 6 nitrogen and oxygen atoms in total. The fourth-order valence-electron chi connectivity index (χ4n) is 4.43. The van der Waals surface area contributed by atoms with Gasteiger partial charge in [-0.15, -0.1) is 0 Å². The van der Waals surface area contributed by atoms with Gasteiger partial charge in [0.15, 0.2) is 6.04 Å². The molecule has 1 N–H and O–H groups in total. The van der Waals surface area contributed by atoms with E-state index in [9.17, 15) is 27.9 Å². The van der Waals surface area contributed by atoms with Crippen molar-refractivity contribution in [3.8, 4) is 0 Å². The first-order valence-corrected chi connectivity index (χ1v) is 10.3. The molecule has 2 aromatic rings. The SMILES string of the molecule is O=C(O)[C@H]1COC2(CCN(Cc3ccccc3)CC2)N1C(=O)c1cccc(C(F)(F)F)c1. The lowest BCUT2D eigenvalue weighted by Gasteiger charge is -2.44. The normalized spacial score (nSPS) is 21.1. The zero-order valence-electron chi connectivity index (χ0n) is 17.2. The minimum absolute atomic E-state index is 0.196. The van der Waals surface area contributed by atoms with Crippen molar-refractivity contribution in [2.45, 2.75) is 37.3 Å². The number of benzene rings is 2. The van der Waals surface area contributed by atoms with Gasteiger partial charge in [-0.1, -0.05) is 36.4 Å². The number of alkyl halides is 3. The van der Waals surface area contributed by atoms with Gasteiger partial charge >= 0.3 is 12.1 Å². The van der Waals surface area contributed by atoms with Crippen LogP contribution in [0.2, 0.25) is 0 Å². The fraction of sp³-hybridized carbons (Fsp3) is 0.391. The topological polar surface area (TPSA) is 70.1 Å². The predicted octanol–water partition coefficient (Wildman–Crippen LogP) is 3.62. The molecule has 2 aliphatic heterocycles. The molecule has 1 atom stereocenters. The van der Waals surface area contributed by atoms with Gasteiger partial charge < -0.3 is 9.84 Å². The first-order valence-electron chi connectivity index (χ1n) is 10.3. The van der Waals surface area contributed by atoms with Crippen LogP contribution in [-0.2, 0) is 22.3 Å². The number of likely N-dealkylation sites (tertiary alicyclic amines) is 1. The highest BCUT2D eigenvalue weighted by Crippen LogP contribution is 2.39. The van der Waals surface area contributed by atoms with Crippen LogP contribution in [0.1, 0.15) is 34.3 Å². The third-order valence-electron chi connectivity index (χ3n) is 6.09. The highest BCUT2D eigenvalue weighted by Gasteiger charge is 2.54. The highest BCUT2D eigenvalue weighted by molar-refractivity contribution is 5.97. The average molecular weight is 448 g/mol. The summed E-state index contributed by atoms with van der Waals surface area (Å²) >= 11 is 0. The lowest BCUT2D eigenvalue weighted by molar-refractivity contribution is -0.144. The van der Waals surface area contributed by atoms with Gasteiger partial charge in [-0.2, -0.15) is 13.2 Å². The molecule has 2 heterocycles. The average Bonchev–Trinajstić information content (AvgIpc) is 3.14. The van der Waals surface area contributed by atoms with E-state index in [1.54, 1.807) is 0 Å². The third kappa shape index (κ3) is 4.35. The summed E-state index contributed by atoms with van der Waals surface area (Å²) in [6.07, 6.45) is -3.87. The molecule has 4 rings (SSSR count). The van der Waals surface area contributed by atoms with Crippen molar-refractivity contribution in [3.63, 3.8) is 0 Å². The monoisotopic (exact) mass is 448 g/mol. The Morgan fingerprint density at radius 3 is 2.38 bits per heavy atom. The van der Waals surface area contributed by atoms with Crippen molar-refractivity contribution in [1.82, 2.24) is 9.80 Å². The van der Waals surface area contributed by atoms with Gasteiger partial charge in [-0.25, -0.2) is 4.79 Å². The van der Waals surface area contributed by atoms with Gasteiger partial charge in [0.25, 0.3) is 5.91 Å². The van der Waals surface area contributed by atoms with Crippen LogP contribution < -0.4 is 0 Å². The van der Waals surface area contributed by atoms with Crippen molar-refractivity contribution in [3.05, 3.63) is 71.3 Å². The number of halogens is 3. The third-order valence-corrected chi connectivity index (χ3v) is 6.09. The first-order chi connectivity index (χ1) is 15.2. The molecule has 1 amide bonds. The van der Waals surface area contributed by atoms with Crippen molar-refractivity contribution in [2.75, 3.05) is 19.7 Å². The number of ether oxygens (including phenoxy) is 1. The summed E-state index contributed by atoms with van der Waals surface area (Å²) in [4.78, 5) is 28.5. The number of carbonyl (C=O) groups excluding carboxylic acids is 1. The van der Waals surface area contributed by atoms with E-state index in [-0.39, 0.29) is 12.2 Å². The molecule has 2 saturated heterocycles. The molecule has 1 spiro atoms. The van der Waals surface area contributed by atoms with Crippen LogP contribution in [0.5, 0.6) is 0 Å². The smallest absolute Gasteiger partial charge is 0.416 e. The van der Waals surface area contributed by atoms with E-state index in [0.29, 0.717) is 32.5 Å². The van der Waals surface area contributed by atoms with Crippen molar-refractivity contribution in [2.24, 2.45) is 0 Å². The maximum atomic E-state index is 13.3. The van der Waals surface area contributed by atoms with Gasteiger partial charge in [0.05, 0.1) is 12.2 Å². The molecule has 0 saturated carbocycles. The first kappa shape index (κ1) is 22.3. The van der Waals surface area contributed by atoms with E-state index in [0.717, 1.165) is 28.7 Å². The number of carboxylic acids is 1. The number of hydrogen-bond donors (Lipinski definition) is 1. The lowest BCUT2D eigenvalue weighted by atomic mass is 9.96. The zero-order valence-corrected chi connectivity index (χ0v) is 17.2. The molecule has 170 valence electrons. The van der Waals surface area contributed by atoms with E-state index in [2.05, 4.69) is 4.90 Å². The molecule has 9 heteroatoms. The molecule has 32 heavy (non-hydrogen) atoms. The molecule has 0 aromatic heterocycles. The van der Waals surface area contributed by atoms with Crippen LogP contribution in [0.3, 0.4) is 0 Å². The maximum Gasteiger partial charge on any atom is 0.416 e. The molecule has 0 aliphatic carbocycles. The summed E-state index contributed by atoms with van der Waals surface area (Å²) in [5.41, 5.74) is -1.18. The largest absolute Gasteiger partial charge is 0.480 e. The number of carbonyl (C=O) groups is 2. The van der Waals surface area contributed by atoms with Gasteiger partial charge in [-0.3, -0.25) is 14.6 Å². The highest BCUT2D eigenvalue weighted by atomic mass is 19.4. The van der Waals surface area contributed by atoms with Gasteiger partial charge in [0.2, 0.25) is 0 Å². The Morgan fingerprint density at radius 2 is 1.75 bits per heavy atom. The number of carboxylic acid groups (broad SMARTS) is 1. The molecular formula is C23H23F3N2O4. The number of aliphatic carboxylic acids is 1. The van der Waals surface area contributed by atoms with Crippen LogP contribution in [-0.4, -0.2) is 58.2 Å². The summed E-state index contributed by atoms with van der Waals surface area (Å²) < 4.78 is 45.3. The molecule has 0 unspecified atom stereocenters. The number of rotatable bonds is 4. The number of hydrogen-bond acceptors (Lipinski definition) is 4. The molecule has 2 aromatic carbocycles. The van der Waals surface area contributed by atoms with E-state index < -0.39 is 35.4 Å². The predicted molar refractivity (Wildman–Crippen MR) is 109 cm³/mol. The lowest BCUT2D eigenvalue weighted by Crippen LogP contribution is -2.58.